The number of nitrogens with zero attached hydrogens (tertiary/aromatic N) is 1. The van der Waals surface area contributed by atoms with Crippen molar-refractivity contribution in [1.29, 1.82) is 0 Å². The Labute approximate surface area is 101 Å². The van der Waals surface area contributed by atoms with Crippen molar-refractivity contribution in [3.05, 3.63) is 0 Å². The first kappa shape index (κ1) is 12.4. The lowest BCUT2D eigenvalue weighted by molar-refractivity contribution is 0.0548. The van der Waals surface area contributed by atoms with E-state index in [0.29, 0.717) is 11.1 Å². The Kier molecular flexibility index (Phi) is 3.33. The maximum absolute atomic E-state index is 3.77. The molecular formula is C14H28N2. The number of piperidine rings is 2. The Bertz CT molecular complexity index is 223. The summed E-state index contributed by atoms with van der Waals surface area (Å²) in [6.45, 7) is 12.1. The molecule has 0 radical (unpaired) electrons. The van der Waals surface area contributed by atoms with Crippen LogP contribution in [0.3, 0.4) is 0 Å². The third kappa shape index (κ3) is 2.98. The molecule has 0 saturated carbocycles. The van der Waals surface area contributed by atoms with E-state index in [2.05, 4.69) is 37.9 Å². The van der Waals surface area contributed by atoms with E-state index in [1.54, 1.807) is 0 Å². The Morgan fingerprint density at radius 1 is 0.875 bits per heavy atom. The summed E-state index contributed by atoms with van der Waals surface area (Å²) in [7, 11) is 0. The van der Waals surface area contributed by atoms with Crippen LogP contribution in [0.4, 0.5) is 0 Å². The largest absolute Gasteiger partial charge is 0.307 e. The van der Waals surface area contributed by atoms with Gasteiger partial charge in [-0.2, -0.15) is 0 Å². The molecule has 2 fully saturated rings. The first-order valence-corrected chi connectivity index (χ1v) is 6.91. The molecule has 16 heavy (non-hydrogen) atoms. The van der Waals surface area contributed by atoms with E-state index in [1.807, 2.05) is 0 Å². The van der Waals surface area contributed by atoms with Gasteiger partial charge in [0.1, 0.15) is 0 Å². The highest BCUT2D eigenvalue weighted by Crippen LogP contribution is 2.32. The van der Waals surface area contributed by atoms with Crippen molar-refractivity contribution >= 4 is 0 Å². The van der Waals surface area contributed by atoms with E-state index in [1.165, 1.54) is 45.2 Å². The SMILES string of the molecule is CC1(C)CC(N2CCCCC2)CC(C)(C)N1. The van der Waals surface area contributed by atoms with Crippen molar-refractivity contribution in [2.75, 3.05) is 13.1 Å². The Morgan fingerprint density at radius 2 is 1.38 bits per heavy atom. The van der Waals surface area contributed by atoms with E-state index in [4.69, 9.17) is 0 Å². The van der Waals surface area contributed by atoms with Gasteiger partial charge in [-0.05, 0) is 66.5 Å². The molecule has 94 valence electrons. The quantitative estimate of drug-likeness (QED) is 0.737. The van der Waals surface area contributed by atoms with Crippen molar-refractivity contribution in [2.24, 2.45) is 0 Å². The highest BCUT2D eigenvalue weighted by Gasteiger charge is 2.39. The molecule has 2 aliphatic rings. The number of hydrogen-bond donors (Lipinski definition) is 1. The van der Waals surface area contributed by atoms with E-state index in [0.717, 1.165) is 6.04 Å². The van der Waals surface area contributed by atoms with Crippen LogP contribution in [0.25, 0.3) is 0 Å². The zero-order valence-corrected chi connectivity index (χ0v) is 11.5. The van der Waals surface area contributed by atoms with Gasteiger partial charge >= 0.3 is 0 Å². The molecule has 2 nitrogen and oxygen atoms in total. The van der Waals surface area contributed by atoms with Crippen LogP contribution in [0, 0.1) is 0 Å². The summed E-state index contributed by atoms with van der Waals surface area (Å²) in [5.41, 5.74) is 0.591. The standard InChI is InChI=1S/C14H28N2/c1-13(2)10-12(11-14(3,4)15-13)16-8-6-5-7-9-16/h12,15H,5-11H2,1-4H3. The van der Waals surface area contributed by atoms with E-state index >= 15 is 0 Å². The molecule has 2 saturated heterocycles. The molecule has 2 rings (SSSR count). The number of likely N-dealkylation sites (tertiary alicyclic amines) is 1. The van der Waals surface area contributed by atoms with E-state index in [9.17, 15) is 0 Å². The number of hydrogen-bond acceptors (Lipinski definition) is 2. The summed E-state index contributed by atoms with van der Waals surface area (Å²) in [6.07, 6.45) is 6.86. The fraction of sp³-hybridized carbons (Fsp3) is 1.00. The molecule has 2 heterocycles. The summed E-state index contributed by atoms with van der Waals surface area (Å²) in [5, 5.41) is 3.77. The van der Waals surface area contributed by atoms with E-state index < -0.39 is 0 Å². The highest BCUT2D eigenvalue weighted by atomic mass is 15.2. The molecular weight excluding hydrogens is 196 g/mol. The fourth-order valence-corrected chi connectivity index (χ4v) is 3.81. The fourth-order valence-electron chi connectivity index (χ4n) is 3.81. The Balaban J connectivity index is 2.03. The van der Waals surface area contributed by atoms with Gasteiger partial charge in [-0.1, -0.05) is 6.42 Å². The summed E-state index contributed by atoms with van der Waals surface area (Å²) in [4.78, 5) is 2.74. The lowest BCUT2D eigenvalue weighted by atomic mass is 9.78. The average Bonchev–Trinajstić information content (AvgIpc) is 2.14. The Hall–Kier alpha value is -0.0800. The van der Waals surface area contributed by atoms with Crippen molar-refractivity contribution in [3.63, 3.8) is 0 Å². The zero-order valence-electron chi connectivity index (χ0n) is 11.5. The lowest BCUT2D eigenvalue weighted by Gasteiger charge is -2.50. The van der Waals surface area contributed by atoms with Gasteiger partial charge in [0.05, 0.1) is 0 Å². The third-order valence-corrected chi connectivity index (χ3v) is 4.08. The second-order valence-corrected chi connectivity index (χ2v) is 7.05. The van der Waals surface area contributed by atoms with Gasteiger partial charge in [0.15, 0.2) is 0 Å². The first-order chi connectivity index (χ1) is 7.38. The topological polar surface area (TPSA) is 15.3 Å². The van der Waals surface area contributed by atoms with Crippen LogP contribution in [0.15, 0.2) is 0 Å². The monoisotopic (exact) mass is 224 g/mol. The normalized spacial score (nSPS) is 31.5. The molecule has 0 amide bonds. The van der Waals surface area contributed by atoms with E-state index in [-0.39, 0.29) is 0 Å². The average molecular weight is 224 g/mol. The Morgan fingerprint density at radius 3 is 1.88 bits per heavy atom. The molecule has 0 aromatic heterocycles. The predicted octanol–water partition coefficient (Wildman–Crippen LogP) is 2.78. The van der Waals surface area contributed by atoms with Crippen LogP contribution >= 0.6 is 0 Å². The molecule has 0 aliphatic carbocycles. The maximum atomic E-state index is 3.77. The van der Waals surface area contributed by atoms with Gasteiger partial charge in [0.25, 0.3) is 0 Å². The zero-order chi connectivity index (χ0) is 11.8. The van der Waals surface area contributed by atoms with Gasteiger partial charge in [0, 0.05) is 17.1 Å². The second kappa shape index (κ2) is 4.30. The molecule has 2 heteroatoms. The van der Waals surface area contributed by atoms with Crippen LogP contribution < -0.4 is 5.32 Å². The third-order valence-electron chi connectivity index (χ3n) is 4.08. The predicted molar refractivity (Wildman–Crippen MR) is 69.7 cm³/mol. The molecule has 0 bridgehead atoms. The molecule has 0 aromatic carbocycles. The summed E-state index contributed by atoms with van der Waals surface area (Å²) >= 11 is 0. The summed E-state index contributed by atoms with van der Waals surface area (Å²) in [6, 6.07) is 0.798. The van der Waals surface area contributed by atoms with Crippen LogP contribution in [0.1, 0.15) is 59.8 Å². The van der Waals surface area contributed by atoms with Gasteiger partial charge in [-0.15, -0.1) is 0 Å². The van der Waals surface area contributed by atoms with Crippen LogP contribution in [-0.2, 0) is 0 Å². The second-order valence-electron chi connectivity index (χ2n) is 7.05. The van der Waals surface area contributed by atoms with Crippen LogP contribution in [0.2, 0.25) is 0 Å². The van der Waals surface area contributed by atoms with Gasteiger partial charge in [0.2, 0.25) is 0 Å². The van der Waals surface area contributed by atoms with Crippen LogP contribution in [-0.4, -0.2) is 35.1 Å². The van der Waals surface area contributed by atoms with Crippen molar-refractivity contribution in [1.82, 2.24) is 10.2 Å². The molecule has 0 atom stereocenters. The molecule has 1 N–H and O–H groups in total. The minimum atomic E-state index is 0.295. The first-order valence-electron chi connectivity index (χ1n) is 6.91. The number of rotatable bonds is 1. The van der Waals surface area contributed by atoms with Gasteiger partial charge in [-0.25, -0.2) is 0 Å². The van der Waals surface area contributed by atoms with Crippen molar-refractivity contribution < 1.29 is 0 Å². The number of nitrogens with one attached hydrogen (secondary N) is 1. The molecule has 2 aliphatic heterocycles. The molecule has 0 spiro atoms. The molecule has 0 aromatic rings. The highest BCUT2D eigenvalue weighted by molar-refractivity contribution is 5.00. The van der Waals surface area contributed by atoms with Crippen molar-refractivity contribution in [2.45, 2.75) is 76.9 Å². The minimum absolute atomic E-state index is 0.295. The molecule has 0 unspecified atom stereocenters. The van der Waals surface area contributed by atoms with Crippen LogP contribution in [0.5, 0.6) is 0 Å². The summed E-state index contributed by atoms with van der Waals surface area (Å²) in [5.74, 6) is 0. The lowest BCUT2D eigenvalue weighted by Crippen LogP contribution is -2.62. The minimum Gasteiger partial charge on any atom is -0.307 e. The van der Waals surface area contributed by atoms with Gasteiger partial charge < -0.3 is 10.2 Å². The smallest absolute Gasteiger partial charge is 0.0145 e. The van der Waals surface area contributed by atoms with Crippen molar-refractivity contribution in [3.8, 4) is 0 Å². The van der Waals surface area contributed by atoms with Gasteiger partial charge in [-0.3, -0.25) is 0 Å². The summed E-state index contributed by atoms with van der Waals surface area (Å²) < 4.78 is 0. The maximum Gasteiger partial charge on any atom is 0.0145 e.